The Balaban J connectivity index is 1.60. The van der Waals surface area contributed by atoms with Gasteiger partial charge in [0.1, 0.15) is 18.1 Å². The minimum absolute atomic E-state index is 0.0890. The summed E-state index contributed by atoms with van der Waals surface area (Å²) in [6.45, 7) is 14.8. The number of esters is 1. The van der Waals surface area contributed by atoms with Crippen molar-refractivity contribution in [1.29, 1.82) is 0 Å². The molecule has 0 saturated carbocycles. The van der Waals surface area contributed by atoms with Gasteiger partial charge in [-0.2, -0.15) is 0 Å². The molecule has 2 aromatic carbocycles. The van der Waals surface area contributed by atoms with Crippen molar-refractivity contribution in [2.24, 2.45) is 5.92 Å². The lowest BCUT2D eigenvalue weighted by Gasteiger charge is -2.47. The largest absolute Gasteiger partial charge is 0.497 e. The van der Waals surface area contributed by atoms with Crippen LogP contribution in [0.3, 0.4) is 0 Å². The molecular weight excluding hydrogens is 470 g/mol. The van der Waals surface area contributed by atoms with Crippen LogP contribution < -0.4 is 4.74 Å². The molecule has 4 rings (SSSR count). The number of ether oxygens (including phenoxy) is 2. The van der Waals surface area contributed by atoms with E-state index in [0.717, 1.165) is 33.6 Å². The van der Waals surface area contributed by atoms with Crippen molar-refractivity contribution in [2.45, 2.75) is 58.7 Å². The summed E-state index contributed by atoms with van der Waals surface area (Å²) in [7, 11) is -0.230. The third-order valence-corrected chi connectivity index (χ3v) is 7.82. The second-order valence-corrected chi connectivity index (χ2v) is 15.0. The number of methoxy groups -OCH3 is 1. The van der Waals surface area contributed by atoms with E-state index < -0.39 is 14.3 Å². The van der Waals surface area contributed by atoms with Crippen LogP contribution in [0.15, 0.2) is 66.4 Å². The summed E-state index contributed by atoms with van der Waals surface area (Å²) in [6, 6.07) is 15.2. The number of amides is 1. The summed E-state index contributed by atoms with van der Waals surface area (Å²) in [6.07, 6.45) is 0.337. The quantitative estimate of drug-likeness (QED) is 0.256. The Hall–Kier alpha value is -3.16. The van der Waals surface area contributed by atoms with Crippen molar-refractivity contribution in [2.75, 3.05) is 7.11 Å². The van der Waals surface area contributed by atoms with Crippen LogP contribution in [-0.2, 0) is 25.4 Å². The molecule has 1 saturated heterocycles. The SMILES string of the molecule is C=C(C1=C(C(=O)OCc2ccc(OC)cc2)N2C(=O)[C@H]([C@@H](C)O[Si](C)(C)C)[C@H]2C1)c1ccc(C)cc1. The molecule has 0 radical (unpaired) electrons. The van der Waals surface area contributed by atoms with Gasteiger partial charge < -0.3 is 18.8 Å². The van der Waals surface area contributed by atoms with Crippen molar-refractivity contribution in [1.82, 2.24) is 4.90 Å². The van der Waals surface area contributed by atoms with Gasteiger partial charge in [0.2, 0.25) is 5.91 Å². The van der Waals surface area contributed by atoms with Crippen molar-refractivity contribution < 1.29 is 23.5 Å². The molecule has 0 unspecified atom stereocenters. The average molecular weight is 506 g/mol. The molecule has 3 atom stereocenters. The Morgan fingerprint density at radius 1 is 1.11 bits per heavy atom. The first kappa shape index (κ1) is 25.9. The first-order chi connectivity index (χ1) is 17.0. The molecule has 2 aliphatic heterocycles. The van der Waals surface area contributed by atoms with E-state index in [0.29, 0.717) is 12.1 Å². The normalized spacial score (nSPS) is 20.1. The maximum absolute atomic E-state index is 13.4. The first-order valence-corrected chi connectivity index (χ1v) is 15.7. The van der Waals surface area contributed by atoms with Crippen molar-refractivity contribution in [3.05, 3.63) is 83.1 Å². The Kier molecular flexibility index (Phi) is 7.25. The van der Waals surface area contributed by atoms with Gasteiger partial charge >= 0.3 is 5.97 Å². The summed E-state index contributed by atoms with van der Waals surface area (Å²) < 4.78 is 17.2. The summed E-state index contributed by atoms with van der Waals surface area (Å²) >= 11 is 0. The molecule has 0 bridgehead atoms. The highest BCUT2D eigenvalue weighted by molar-refractivity contribution is 6.69. The molecule has 6 nitrogen and oxygen atoms in total. The molecule has 2 aliphatic rings. The molecule has 190 valence electrons. The fourth-order valence-electron chi connectivity index (χ4n) is 5.01. The first-order valence-electron chi connectivity index (χ1n) is 12.3. The van der Waals surface area contributed by atoms with Gasteiger partial charge in [-0.15, -0.1) is 0 Å². The highest BCUT2D eigenvalue weighted by Gasteiger charge is 2.58. The third-order valence-electron chi connectivity index (χ3n) is 6.74. The molecule has 2 aromatic rings. The maximum atomic E-state index is 13.4. The molecule has 36 heavy (non-hydrogen) atoms. The smallest absolute Gasteiger partial charge is 0.355 e. The summed E-state index contributed by atoms with van der Waals surface area (Å²) in [5, 5.41) is 0. The zero-order valence-electron chi connectivity index (χ0n) is 22.0. The number of nitrogens with zero attached hydrogens (tertiary/aromatic N) is 1. The molecule has 0 aliphatic carbocycles. The molecular formula is C29H35NO5Si. The monoisotopic (exact) mass is 505 g/mol. The number of hydrogen-bond acceptors (Lipinski definition) is 5. The van der Waals surface area contributed by atoms with Crippen molar-refractivity contribution in [3.63, 3.8) is 0 Å². The van der Waals surface area contributed by atoms with Crippen LogP contribution in [0.1, 0.15) is 30.0 Å². The van der Waals surface area contributed by atoms with E-state index >= 15 is 0 Å². The van der Waals surface area contributed by atoms with Gasteiger partial charge in [-0.25, -0.2) is 4.79 Å². The topological polar surface area (TPSA) is 65.1 Å². The Morgan fingerprint density at radius 2 is 1.75 bits per heavy atom. The number of carbonyl (C=O) groups excluding carboxylic acids is 2. The van der Waals surface area contributed by atoms with Gasteiger partial charge in [0, 0.05) is 0 Å². The van der Waals surface area contributed by atoms with Gasteiger partial charge in [0.05, 0.1) is 25.2 Å². The van der Waals surface area contributed by atoms with Gasteiger partial charge in [-0.3, -0.25) is 4.79 Å². The van der Waals surface area contributed by atoms with E-state index in [1.165, 1.54) is 0 Å². The highest BCUT2D eigenvalue weighted by Crippen LogP contribution is 2.48. The highest BCUT2D eigenvalue weighted by atomic mass is 28.4. The molecule has 7 heteroatoms. The zero-order chi connectivity index (χ0) is 26.2. The van der Waals surface area contributed by atoms with Crippen LogP contribution >= 0.6 is 0 Å². The number of allylic oxidation sites excluding steroid dienone is 1. The summed E-state index contributed by atoms with van der Waals surface area (Å²) in [4.78, 5) is 28.4. The van der Waals surface area contributed by atoms with Gasteiger partial charge in [0.25, 0.3) is 0 Å². The number of aryl methyl sites for hydroxylation is 1. The minimum atomic E-state index is -1.83. The molecule has 1 amide bonds. The summed E-state index contributed by atoms with van der Waals surface area (Å²) in [5.74, 6) is -0.157. The zero-order valence-corrected chi connectivity index (χ0v) is 23.0. The Labute approximate surface area is 214 Å². The number of fused-ring (bicyclic) bond motifs is 1. The van der Waals surface area contributed by atoms with Crippen LogP contribution in [0, 0.1) is 12.8 Å². The van der Waals surface area contributed by atoms with E-state index in [2.05, 4.69) is 26.2 Å². The molecule has 0 aromatic heterocycles. The fraction of sp³-hybridized carbons (Fsp3) is 0.379. The number of rotatable bonds is 9. The van der Waals surface area contributed by atoms with Crippen LogP contribution in [0.2, 0.25) is 19.6 Å². The standard InChI is InChI=1S/C29H35NO5Si/c1-18-8-12-22(13-9-18)19(2)24-16-25-26(20(3)35-36(5,6)7)28(31)30(25)27(24)29(32)34-17-21-10-14-23(33-4)15-11-21/h8-15,20,25-26H,2,16-17H2,1,3-7H3/t20-,25-,26-/m1/s1. The predicted octanol–water partition coefficient (Wildman–Crippen LogP) is 5.49. The lowest BCUT2D eigenvalue weighted by Crippen LogP contribution is -2.63. The van der Waals surface area contributed by atoms with Crippen LogP contribution in [0.5, 0.6) is 5.75 Å². The lowest BCUT2D eigenvalue weighted by molar-refractivity contribution is -0.162. The second-order valence-electron chi connectivity index (χ2n) is 10.5. The van der Waals surface area contributed by atoms with E-state index in [1.54, 1.807) is 12.0 Å². The lowest BCUT2D eigenvalue weighted by atomic mass is 9.82. The van der Waals surface area contributed by atoms with Crippen LogP contribution in [0.25, 0.3) is 5.57 Å². The van der Waals surface area contributed by atoms with Gasteiger partial charge in [-0.1, -0.05) is 48.5 Å². The van der Waals surface area contributed by atoms with Crippen molar-refractivity contribution >= 4 is 25.8 Å². The second kappa shape index (κ2) is 10.1. The van der Waals surface area contributed by atoms with E-state index in [4.69, 9.17) is 13.9 Å². The number of hydrogen-bond donors (Lipinski definition) is 0. The van der Waals surface area contributed by atoms with Crippen molar-refractivity contribution in [3.8, 4) is 5.75 Å². The molecule has 1 fully saturated rings. The van der Waals surface area contributed by atoms with E-state index in [1.807, 2.05) is 62.4 Å². The molecule has 0 N–H and O–H groups in total. The number of β-lactam (4-membered cyclic amide) rings is 1. The Bertz CT molecular complexity index is 1190. The van der Waals surface area contributed by atoms with Crippen LogP contribution in [-0.4, -0.2) is 44.3 Å². The van der Waals surface area contributed by atoms with Gasteiger partial charge in [0.15, 0.2) is 8.32 Å². The predicted molar refractivity (Wildman–Crippen MR) is 143 cm³/mol. The summed E-state index contributed by atoms with van der Waals surface area (Å²) in [5.41, 5.74) is 4.71. The van der Waals surface area contributed by atoms with E-state index in [-0.39, 0.29) is 30.6 Å². The molecule has 0 spiro atoms. The Morgan fingerprint density at radius 3 is 2.33 bits per heavy atom. The van der Waals surface area contributed by atoms with E-state index in [9.17, 15) is 9.59 Å². The number of carbonyl (C=O) groups is 2. The third kappa shape index (κ3) is 5.17. The molecule has 2 heterocycles. The minimum Gasteiger partial charge on any atom is -0.497 e. The average Bonchev–Trinajstić information content (AvgIpc) is 3.17. The number of benzene rings is 2. The fourth-order valence-corrected chi connectivity index (χ4v) is 6.27. The van der Waals surface area contributed by atoms with Gasteiger partial charge in [-0.05, 0) is 74.3 Å². The maximum Gasteiger partial charge on any atom is 0.355 e. The van der Waals surface area contributed by atoms with Crippen LogP contribution in [0.4, 0.5) is 0 Å².